The van der Waals surface area contributed by atoms with Crippen molar-refractivity contribution in [3.63, 3.8) is 0 Å². The summed E-state index contributed by atoms with van der Waals surface area (Å²) in [5.41, 5.74) is 1.52. The van der Waals surface area contributed by atoms with Crippen molar-refractivity contribution in [2.24, 2.45) is 0 Å². The monoisotopic (exact) mass is 274 g/mol. The van der Waals surface area contributed by atoms with E-state index in [0.29, 0.717) is 5.19 Å². The molecule has 0 aliphatic rings. The van der Waals surface area contributed by atoms with E-state index in [2.05, 4.69) is 26.1 Å². The third kappa shape index (κ3) is 2.08. The van der Waals surface area contributed by atoms with E-state index in [9.17, 15) is 4.39 Å². The fourth-order valence-electron chi connectivity index (χ4n) is 0.857. The molecular weight excluding hydrogens is 271 g/mol. The van der Waals surface area contributed by atoms with Crippen molar-refractivity contribution in [1.29, 1.82) is 0 Å². The number of hydrogen-bond donors (Lipinski definition) is 0. The topological polar surface area (TPSA) is 35.0 Å². The van der Waals surface area contributed by atoms with Gasteiger partial charge in [-0.25, -0.2) is 4.39 Å². The zero-order valence-corrected chi connectivity index (χ0v) is 9.18. The maximum atomic E-state index is 13.2. The summed E-state index contributed by atoms with van der Waals surface area (Å²) in [5, 5.41) is 7.55. The predicted octanol–water partition coefficient (Wildman–Crippen LogP) is 3.23. The van der Waals surface area contributed by atoms with Crippen molar-refractivity contribution in [1.82, 2.24) is 10.2 Å². The molecule has 0 aliphatic carbocycles. The van der Waals surface area contributed by atoms with Crippen molar-refractivity contribution >= 4 is 27.3 Å². The molecule has 0 saturated carbocycles. The second-order valence-electron chi connectivity index (χ2n) is 2.38. The fraction of sp³-hybridized carbons (Fsp3) is 0. The SMILES string of the molecule is Fc1ccc(Br)cc1Oc1nncs1. The summed E-state index contributed by atoms with van der Waals surface area (Å²) < 4.78 is 19.1. The van der Waals surface area contributed by atoms with Gasteiger partial charge in [-0.1, -0.05) is 32.4 Å². The smallest absolute Gasteiger partial charge is 0.299 e. The standard InChI is InChI=1S/C8H4BrFN2OS/c9-5-1-2-6(10)7(3-5)13-8-12-11-4-14-8/h1-4H. The summed E-state index contributed by atoms with van der Waals surface area (Å²) in [6.45, 7) is 0. The molecule has 0 spiro atoms. The Morgan fingerprint density at radius 3 is 3.00 bits per heavy atom. The number of benzene rings is 1. The zero-order chi connectivity index (χ0) is 9.97. The summed E-state index contributed by atoms with van der Waals surface area (Å²) in [7, 11) is 0. The van der Waals surface area contributed by atoms with Crippen LogP contribution in [0.5, 0.6) is 10.9 Å². The van der Waals surface area contributed by atoms with Crippen molar-refractivity contribution in [3.8, 4) is 10.9 Å². The van der Waals surface area contributed by atoms with E-state index in [1.165, 1.54) is 29.0 Å². The lowest BCUT2D eigenvalue weighted by Gasteiger charge is -2.02. The van der Waals surface area contributed by atoms with Crippen LogP contribution >= 0.6 is 27.3 Å². The highest BCUT2D eigenvalue weighted by atomic mass is 79.9. The molecule has 0 amide bonds. The van der Waals surface area contributed by atoms with Crippen LogP contribution in [-0.2, 0) is 0 Å². The molecule has 0 unspecified atom stereocenters. The highest BCUT2D eigenvalue weighted by Crippen LogP contribution is 2.27. The minimum atomic E-state index is -0.427. The quantitative estimate of drug-likeness (QED) is 0.844. The van der Waals surface area contributed by atoms with Gasteiger partial charge in [-0.15, -0.1) is 5.10 Å². The molecule has 0 aliphatic heterocycles. The van der Waals surface area contributed by atoms with Crippen LogP contribution in [0, 0.1) is 5.82 Å². The first-order valence-electron chi connectivity index (χ1n) is 3.65. The summed E-state index contributed by atoms with van der Waals surface area (Å²) in [6, 6.07) is 4.46. The van der Waals surface area contributed by atoms with Crippen molar-refractivity contribution in [3.05, 3.63) is 34.0 Å². The molecule has 0 N–H and O–H groups in total. The second kappa shape index (κ2) is 4.02. The summed E-state index contributed by atoms with van der Waals surface area (Å²) in [6.07, 6.45) is 0. The lowest BCUT2D eigenvalue weighted by Crippen LogP contribution is -1.87. The minimum Gasteiger partial charge on any atom is -0.427 e. The van der Waals surface area contributed by atoms with Crippen molar-refractivity contribution in [2.45, 2.75) is 0 Å². The van der Waals surface area contributed by atoms with Gasteiger partial charge in [0, 0.05) is 4.47 Å². The Morgan fingerprint density at radius 2 is 2.29 bits per heavy atom. The van der Waals surface area contributed by atoms with Gasteiger partial charge < -0.3 is 4.74 Å². The van der Waals surface area contributed by atoms with E-state index >= 15 is 0 Å². The van der Waals surface area contributed by atoms with Gasteiger partial charge in [-0.05, 0) is 18.2 Å². The van der Waals surface area contributed by atoms with Gasteiger partial charge >= 0.3 is 0 Å². The predicted molar refractivity (Wildman–Crippen MR) is 54.1 cm³/mol. The van der Waals surface area contributed by atoms with Crippen LogP contribution in [0.2, 0.25) is 0 Å². The first kappa shape index (κ1) is 9.54. The highest BCUT2D eigenvalue weighted by Gasteiger charge is 2.06. The molecule has 1 aromatic heterocycles. The molecule has 0 radical (unpaired) electrons. The Morgan fingerprint density at radius 1 is 1.43 bits per heavy atom. The number of halogens is 2. The molecule has 1 aromatic carbocycles. The van der Waals surface area contributed by atoms with E-state index in [0.717, 1.165) is 4.47 Å². The Kier molecular flexibility index (Phi) is 2.74. The summed E-state index contributed by atoms with van der Waals surface area (Å²) in [4.78, 5) is 0. The maximum Gasteiger partial charge on any atom is 0.299 e. The minimum absolute atomic E-state index is 0.135. The Balaban J connectivity index is 2.28. The number of hydrogen-bond acceptors (Lipinski definition) is 4. The Labute approximate surface area is 91.7 Å². The van der Waals surface area contributed by atoms with Crippen molar-refractivity contribution < 1.29 is 9.13 Å². The molecule has 0 atom stereocenters. The van der Waals surface area contributed by atoms with Crippen LogP contribution in [-0.4, -0.2) is 10.2 Å². The zero-order valence-electron chi connectivity index (χ0n) is 6.78. The molecule has 0 bridgehead atoms. The molecule has 1 heterocycles. The van der Waals surface area contributed by atoms with Crippen LogP contribution in [0.25, 0.3) is 0 Å². The van der Waals surface area contributed by atoms with Crippen LogP contribution in [0.4, 0.5) is 4.39 Å². The Bertz CT molecular complexity index is 435. The van der Waals surface area contributed by atoms with E-state index in [1.807, 2.05) is 0 Å². The second-order valence-corrected chi connectivity index (χ2v) is 4.09. The van der Waals surface area contributed by atoms with Gasteiger partial charge in [0.2, 0.25) is 0 Å². The lowest BCUT2D eigenvalue weighted by atomic mass is 10.3. The lowest BCUT2D eigenvalue weighted by molar-refractivity contribution is 0.435. The fourth-order valence-corrected chi connectivity index (χ4v) is 1.61. The molecule has 6 heteroatoms. The van der Waals surface area contributed by atoms with Gasteiger partial charge in [0.1, 0.15) is 5.51 Å². The molecule has 0 fully saturated rings. The van der Waals surface area contributed by atoms with Gasteiger partial charge in [-0.3, -0.25) is 0 Å². The van der Waals surface area contributed by atoms with E-state index in [1.54, 1.807) is 6.07 Å². The molecule has 2 aromatic rings. The van der Waals surface area contributed by atoms with Crippen LogP contribution in [0.1, 0.15) is 0 Å². The van der Waals surface area contributed by atoms with Crippen LogP contribution in [0.15, 0.2) is 28.2 Å². The first-order valence-corrected chi connectivity index (χ1v) is 5.32. The third-order valence-electron chi connectivity index (χ3n) is 1.43. The number of aromatic nitrogens is 2. The molecular formula is C8H4BrFN2OS. The third-order valence-corrected chi connectivity index (χ3v) is 2.49. The number of ether oxygens (including phenoxy) is 1. The average molecular weight is 275 g/mol. The van der Waals surface area contributed by atoms with Gasteiger partial charge in [-0.2, -0.15) is 0 Å². The molecule has 3 nitrogen and oxygen atoms in total. The summed E-state index contributed by atoms with van der Waals surface area (Å²) in [5.74, 6) is -0.292. The highest BCUT2D eigenvalue weighted by molar-refractivity contribution is 9.10. The van der Waals surface area contributed by atoms with E-state index in [-0.39, 0.29) is 5.75 Å². The van der Waals surface area contributed by atoms with Gasteiger partial charge in [0.25, 0.3) is 5.19 Å². The van der Waals surface area contributed by atoms with Gasteiger partial charge in [0.15, 0.2) is 11.6 Å². The molecule has 14 heavy (non-hydrogen) atoms. The maximum absolute atomic E-state index is 13.2. The normalized spacial score (nSPS) is 10.1. The Hall–Kier alpha value is -1.01. The van der Waals surface area contributed by atoms with Crippen molar-refractivity contribution in [2.75, 3.05) is 0 Å². The molecule has 0 saturated heterocycles. The van der Waals surface area contributed by atoms with Crippen LogP contribution < -0.4 is 4.74 Å². The molecule has 72 valence electrons. The average Bonchev–Trinajstić information content (AvgIpc) is 2.64. The van der Waals surface area contributed by atoms with Gasteiger partial charge in [0.05, 0.1) is 0 Å². The van der Waals surface area contributed by atoms with E-state index < -0.39 is 5.82 Å². The first-order chi connectivity index (χ1) is 6.75. The van der Waals surface area contributed by atoms with Crippen LogP contribution in [0.3, 0.4) is 0 Å². The van der Waals surface area contributed by atoms with E-state index in [4.69, 9.17) is 4.74 Å². The number of rotatable bonds is 2. The molecule has 2 rings (SSSR count). The number of nitrogens with zero attached hydrogens (tertiary/aromatic N) is 2. The summed E-state index contributed by atoms with van der Waals surface area (Å²) >= 11 is 4.43. The largest absolute Gasteiger partial charge is 0.427 e.